The molecule has 3 rings (SSSR count). The van der Waals surface area contributed by atoms with Crippen LogP contribution in [0.5, 0.6) is 0 Å². The number of hydrogen-bond donors (Lipinski definition) is 2. The van der Waals surface area contributed by atoms with Crippen LogP contribution in [0.1, 0.15) is 22.3 Å². The van der Waals surface area contributed by atoms with Gasteiger partial charge in [-0.15, -0.1) is 11.3 Å². The summed E-state index contributed by atoms with van der Waals surface area (Å²) in [6.07, 6.45) is 4.73. The number of thiocarbonyl (C=S) groups is 1. The lowest BCUT2D eigenvalue weighted by Gasteiger charge is -2.10. The Bertz CT molecular complexity index is 950. The maximum absolute atomic E-state index is 12.2. The number of thiophene rings is 1. The summed E-state index contributed by atoms with van der Waals surface area (Å²) in [6, 6.07) is 11.7. The molecule has 0 bridgehead atoms. The number of methoxy groups -OCH3 is 1. The van der Waals surface area contributed by atoms with E-state index in [1.807, 2.05) is 60.4 Å². The molecule has 0 aliphatic heterocycles. The molecule has 0 aliphatic carbocycles. The average Bonchev–Trinajstić information content (AvgIpc) is 3.31. The molecule has 1 aromatic carbocycles. The maximum atomic E-state index is 12.2. The number of aromatic nitrogens is 2. The summed E-state index contributed by atoms with van der Waals surface area (Å²) in [5.41, 5.74) is 2.66. The van der Waals surface area contributed by atoms with Gasteiger partial charge in [0.1, 0.15) is 5.00 Å². The molecule has 146 valence electrons. The van der Waals surface area contributed by atoms with E-state index in [1.165, 1.54) is 18.4 Å². The monoisotopic (exact) mass is 414 g/mol. The molecule has 0 aliphatic rings. The molecular weight excluding hydrogens is 392 g/mol. The average molecular weight is 415 g/mol. The number of benzene rings is 1. The number of aryl methyl sites for hydroxylation is 2. The van der Waals surface area contributed by atoms with Crippen LogP contribution in [0.2, 0.25) is 0 Å². The Morgan fingerprint density at radius 3 is 2.79 bits per heavy atom. The fourth-order valence-corrected chi connectivity index (χ4v) is 3.99. The van der Waals surface area contributed by atoms with E-state index in [9.17, 15) is 4.79 Å². The zero-order valence-electron chi connectivity index (χ0n) is 15.8. The fourth-order valence-electron chi connectivity index (χ4n) is 2.67. The van der Waals surface area contributed by atoms with Crippen LogP contribution in [0.3, 0.4) is 0 Å². The molecule has 0 atom stereocenters. The Hall–Kier alpha value is -2.71. The molecule has 2 N–H and O–H groups in total. The Morgan fingerprint density at radius 1 is 1.32 bits per heavy atom. The zero-order valence-corrected chi connectivity index (χ0v) is 17.4. The Balaban J connectivity index is 1.60. The van der Waals surface area contributed by atoms with Gasteiger partial charge in [0, 0.05) is 24.2 Å². The molecule has 2 aromatic heterocycles. The van der Waals surface area contributed by atoms with Crippen molar-refractivity contribution in [2.75, 3.05) is 19.0 Å². The van der Waals surface area contributed by atoms with Crippen LogP contribution in [0.25, 0.3) is 10.4 Å². The summed E-state index contributed by atoms with van der Waals surface area (Å²) < 4.78 is 6.82. The van der Waals surface area contributed by atoms with Gasteiger partial charge in [0.05, 0.1) is 18.9 Å². The first-order valence-electron chi connectivity index (χ1n) is 8.88. The van der Waals surface area contributed by atoms with Gasteiger partial charge in [0.2, 0.25) is 0 Å². The van der Waals surface area contributed by atoms with Crippen molar-refractivity contribution in [3.8, 4) is 10.4 Å². The zero-order chi connectivity index (χ0) is 19.9. The standard InChI is InChI=1S/C20H22N4O2S2/c1-14-12-22-24(13-14)10-6-9-21-20(27)23-18-16(19(25)26-2)11-17(28-18)15-7-4-3-5-8-15/h3-5,7-8,11-13H,6,9-10H2,1-2H3,(H2,21,23,27). The molecule has 3 aromatic rings. The van der Waals surface area contributed by atoms with Crippen LogP contribution in [0, 0.1) is 6.92 Å². The number of nitrogens with zero attached hydrogens (tertiary/aromatic N) is 2. The number of rotatable bonds is 7. The number of ether oxygens (including phenoxy) is 1. The van der Waals surface area contributed by atoms with Gasteiger partial charge in [-0.25, -0.2) is 4.79 Å². The smallest absolute Gasteiger partial charge is 0.340 e. The third kappa shape index (κ3) is 5.17. The second kappa shape index (κ2) is 9.48. The first kappa shape index (κ1) is 20.0. The molecule has 0 saturated heterocycles. The topological polar surface area (TPSA) is 68.2 Å². The molecular formula is C20H22N4O2S2. The van der Waals surface area contributed by atoms with Crippen LogP contribution < -0.4 is 10.6 Å². The number of hydrogen-bond acceptors (Lipinski definition) is 5. The summed E-state index contributed by atoms with van der Waals surface area (Å²) in [5, 5.41) is 11.7. The van der Waals surface area contributed by atoms with Gasteiger partial charge in [-0.05, 0) is 42.8 Å². The lowest BCUT2D eigenvalue weighted by atomic mass is 10.1. The van der Waals surface area contributed by atoms with Crippen LogP contribution in [-0.4, -0.2) is 34.5 Å². The first-order chi connectivity index (χ1) is 13.6. The Morgan fingerprint density at radius 2 is 2.11 bits per heavy atom. The first-order valence-corrected chi connectivity index (χ1v) is 10.1. The summed E-state index contributed by atoms with van der Waals surface area (Å²) in [4.78, 5) is 13.1. The molecule has 0 spiro atoms. The highest BCUT2D eigenvalue weighted by Gasteiger charge is 2.18. The predicted octanol–water partition coefficient (Wildman–Crippen LogP) is 4.08. The third-order valence-corrected chi connectivity index (χ3v) is 5.38. The van der Waals surface area contributed by atoms with Crippen molar-refractivity contribution >= 4 is 39.6 Å². The number of anilines is 1. The second-order valence-corrected chi connectivity index (χ2v) is 7.69. The van der Waals surface area contributed by atoms with E-state index in [4.69, 9.17) is 17.0 Å². The lowest BCUT2D eigenvalue weighted by Crippen LogP contribution is -2.30. The predicted molar refractivity (Wildman–Crippen MR) is 117 cm³/mol. The molecule has 0 unspecified atom stereocenters. The Kier molecular flexibility index (Phi) is 6.78. The number of carbonyl (C=O) groups is 1. The van der Waals surface area contributed by atoms with Crippen molar-refractivity contribution in [2.24, 2.45) is 0 Å². The second-order valence-electron chi connectivity index (χ2n) is 6.23. The van der Waals surface area contributed by atoms with Crippen LogP contribution >= 0.6 is 23.6 Å². The highest BCUT2D eigenvalue weighted by molar-refractivity contribution is 7.80. The number of carbonyl (C=O) groups excluding carboxylic acids is 1. The maximum Gasteiger partial charge on any atom is 0.340 e. The minimum Gasteiger partial charge on any atom is -0.465 e. The van der Waals surface area contributed by atoms with Crippen LogP contribution in [0.15, 0.2) is 48.8 Å². The van der Waals surface area contributed by atoms with Gasteiger partial charge in [0.25, 0.3) is 0 Å². The van der Waals surface area contributed by atoms with E-state index >= 15 is 0 Å². The van der Waals surface area contributed by atoms with E-state index < -0.39 is 5.97 Å². The van der Waals surface area contributed by atoms with Gasteiger partial charge >= 0.3 is 5.97 Å². The molecule has 0 amide bonds. The van der Waals surface area contributed by atoms with E-state index in [0.29, 0.717) is 22.2 Å². The van der Waals surface area contributed by atoms with Crippen molar-refractivity contribution < 1.29 is 9.53 Å². The minimum atomic E-state index is -0.391. The third-order valence-electron chi connectivity index (χ3n) is 4.03. The summed E-state index contributed by atoms with van der Waals surface area (Å²) >= 11 is 6.86. The minimum absolute atomic E-state index is 0.391. The molecule has 2 heterocycles. The molecule has 6 nitrogen and oxygen atoms in total. The SMILES string of the molecule is COC(=O)c1cc(-c2ccccc2)sc1NC(=S)NCCCn1cc(C)cn1. The van der Waals surface area contributed by atoms with E-state index in [0.717, 1.165) is 29.0 Å². The summed E-state index contributed by atoms with van der Waals surface area (Å²) in [5.74, 6) is -0.391. The van der Waals surface area contributed by atoms with E-state index in [-0.39, 0.29) is 0 Å². The lowest BCUT2D eigenvalue weighted by molar-refractivity contribution is 0.0602. The largest absolute Gasteiger partial charge is 0.465 e. The van der Waals surface area contributed by atoms with E-state index in [1.54, 1.807) is 0 Å². The van der Waals surface area contributed by atoms with Crippen molar-refractivity contribution in [1.82, 2.24) is 15.1 Å². The Labute approximate surface area is 173 Å². The van der Waals surface area contributed by atoms with Gasteiger partial charge in [-0.1, -0.05) is 30.3 Å². The van der Waals surface area contributed by atoms with Gasteiger partial charge < -0.3 is 15.4 Å². The number of nitrogens with one attached hydrogen (secondary N) is 2. The summed E-state index contributed by atoms with van der Waals surface area (Å²) in [7, 11) is 1.37. The molecule has 0 fully saturated rings. The summed E-state index contributed by atoms with van der Waals surface area (Å²) in [6.45, 7) is 3.54. The van der Waals surface area contributed by atoms with Crippen molar-refractivity contribution in [3.63, 3.8) is 0 Å². The van der Waals surface area contributed by atoms with Crippen molar-refractivity contribution in [1.29, 1.82) is 0 Å². The molecule has 8 heteroatoms. The number of esters is 1. The van der Waals surface area contributed by atoms with Gasteiger partial charge in [0.15, 0.2) is 5.11 Å². The molecule has 0 saturated carbocycles. The normalized spacial score (nSPS) is 10.5. The van der Waals surface area contributed by atoms with Gasteiger partial charge in [-0.2, -0.15) is 5.10 Å². The van der Waals surface area contributed by atoms with Gasteiger partial charge in [-0.3, -0.25) is 4.68 Å². The van der Waals surface area contributed by atoms with Crippen molar-refractivity contribution in [2.45, 2.75) is 19.9 Å². The van der Waals surface area contributed by atoms with E-state index in [2.05, 4.69) is 15.7 Å². The highest BCUT2D eigenvalue weighted by Crippen LogP contribution is 2.35. The quantitative estimate of drug-likeness (QED) is 0.345. The highest BCUT2D eigenvalue weighted by atomic mass is 32.1. The fraction of sp³-hybridized carbons (Fsp3) is 0.250. The molecule has 0 radical (unpaired) electrons. The van der Waals surface area contributed by atoms with Crippen LogP contribution in [-0.2, 0) is 11.3 Å². The van der Waals surface area contributed by atoms with Crippen LogP contribution in [0.4, 0.5) is 5.00 Å². The molecule has 28 heavy (non-hydrogen) atoms. The van der Waals surface area contributed by atoms with Crippen molar-refractivity contribution in [3.05, 3.63) is 59.9 Å².